The zero-order valence-corrected chi connectivity index (χ0v) is 11.2. The number of imidazole rings is 1. The Balaban J connectivity index is 2.15. The van der Waals surface area contributed by atoms with Gasteiger partial charge in [-0.05, 0) is 25.1 Å². The zero-order valence-electron chi connectivity index (χ0n) is 11.2. The van der Waals surface area contributed by atoms with Crippen molar-refractivity contribution in [1.82, 2.24) is 9.55 Å². The van der Waals surface area contributed by atoms with Gasteiger partial charge in [0.05, 0.1) is 12.7 Å². The molecule has 1 aromatic heterocycles. The Morgan fingerprint density at radius 3 is 2.84 bits per heavy atom. The molecule has 0 spiro atoms. The molecule has 100 valence electrons. The Labute approximate surface area is 111 Å². The van der Waals surface area contributed by atoms with Crippen molar-refractivity contribution in [3.63, 3.8) is 0 Å². The largest absolute Gasteiger partial charge is 0.483 e. The summed E-state index contributed by atoms with van der Waals surface area (Å²) < 4.78 is 12.4. The molecule has 2 rings (SSSR count). The lowest BCUT2D eigenvalue weighted by molar-refractivity contribution is 0.0600. The highest BCUT2D eigenvalue weighted by atomic mass is 16.5. The zero-order chi connectivity index (χ0) is 13.8. The van der Waals surface area contributed by atoms with Gasteiger partial charge in [0, 0.05) is 19.4 Å². The monoisotopic (exact) mass is 260 g/mol. The van der Waals surface area contributed by atoms with Crippen LogP contribution in [-0.4, -0.2) is 22.6 Å². The minimum absolute atomic E-state index is 0.201. The SMILES string of the molecule is COC(=O)c1cccc(OC(C)c2nccn2C)c1. The fourth-order valence-corrected chi connectivity index (χ4v) is 1.84. The summed E-state index contributed by atoms with van der Waals surface area (Å²) in [5.41, 5.74) is 0.465. The fraction of sp³-hybridized carbons (Fsp3) is 0.286. The number of aromatic nitrogens is 2. The van der Waals surface area contributed by atoms with E-state index in [9.17, 15) is 4.79 Å². The molecule has 0 fully saturated rings. The van der Waals surface area contributed by atoms with Gasteiger partial charge in [0.1, 0.15) is 11.6 Å². The Hall–Kier alpha value is -2.30. The molecular formula is C14H16N2O3. The molecule has 0 aliphatic rings. The lowest BCUT2D eigenvalue weighted by atomic mass is 10.2. The van der Waals surface area contributed by atoms with Gasteiger partial charge in [0.25, 0.3) is 0 Å². The van der Waals surface area contributed by atoms with Crippen molar-refractivity contribution in [3.8, 4) is 5.75 Å². The Morgan fingerprint density at radius 2 is 2.21 bits per heavy atom. The maximum atomic E-state index is 11.4. The molecule has 0 aliphatic heterocycles. The van der Waals surface area contributed by atoms with Crippen LogP contribution in [-0.2, 0) is 11.8 Å². The summed E-state index contributed by atoms with van der Waals surface area (Å²) in [7, 11) is 3.26. The van der Waals surface area contributed by atoms with Crippen molar-refractivity contribution < 1.29 is 14.3 Å². The van der Waals surface area contributed by atoms with Crippen LogP contribution in [0.3, 0.4) is 0 Å². The second-order valence-electron chi connectivity index (χ2n) is 4.18. The van der Waals surface area contributed by atoms with E-state index in [1.54, 1.807) is 30.5 Å². The summed E-state index contributed by atoms with van der Waals surface area (Å²) in [5.74, 6) is 1.05. The molecular weight excluding hydrogens is 244 g/mol. The summed E-state index contributed by atoms with van der Waals surface area (Å²) in [6, 6.07) is 6.90. The minimum atomic E-state index is -0.380. The number of hydrogen-bond acceptors (Lipinski definition) is 4. The molecule has 0 bridgehead atoms. The van der Waals surface area contributed by atoms with Crippen molar-refractivity contribution in [1.29, 1.82) is 0 Å². The first-order chi connectivity index (χ1) is 9.11. The third-order valence-electron chi connectivity index (χ3n) is 2.79. The molecule has 1 heterocycles. The van der Waals surface area contributed by atoms with Gasteiger partial charge >= 0.3 is 5.97 Å². The minimum Gasteiger partial charge on any atom is -0.483 e. The average Bonchev–Trinajstić information content (AvgIpc) is 2.84. The van der Waals surface area contributed by atoms with E-state index < -0.39 is 0 Å². The Morgan fingerprint density at radius 1 is 1.42 bits per heavy atom. The van der Waals surface area contributed by atoms with E-state index in [1.165, 1.54) is 7.11 Å². The quantitative estimate of drug-likeness (QED) is 0.792. The summed E-state index contributed by atoms with van der Waals surface area (Å²) in [5, 5.41) is 0. The molecule has 0 saturated heterocycles. The molecule has 5 nitrogen and oxygen atoms in total. The van der Waals surface area contributed by atoms with E-state index in [1.807, 2.05) is 24.7 Å². The Bertz CT molecular complexity index is 578. The molecule has 0 amide bonds. The molecule has 1 atom stereocenters. The Kier molecular flexibility index (Phi) is 3.85. The van der Waals surface area contributed by atoms with E-state index >= 15 is 0 Å². The summed E-state index contributed by atoms with van der Waals surface area (Å²) in [4.78, 5) is 15.7. The molecule has 1 unspecified atom stereocenters. The van der Waals surface area contributed by atoms with Crippen LogP contribution in [0.4, 0.5) is 0 Å². The van der Waals surface area contributed by atoms with Gasteiger partial charge in [-0.3, -0.25) is 0 Å². The standard InChI is InChI=1S/C14H16N2O3/c1-10(13-15-7-8-16(13)2)19-12-6-4-5-11(9-12)14(17)18-3/h4-10H,1-3H3. The number of aryl methyl sites for hydroxylation is 1. The van der Waals surface area contributed by atoms with Crippen LogP contribution < -0.4 is 4.74 Å². The van der Waals surface area contributed by atoms with Gasteiger partial charge in [-0.2, -0.15) is 0 Å². The van der Waals surface area contributed by atoms with Crippen LogP contribution in [0.25, 0.3) is 0 Å². The van der Waals surface area contributed by atoms with Gasteiger partial charge in [-0.25, -0.2) is 9.78 Å². The predicted octanol–water partition coefficient (Wildman–Crippen LogP) is 2.35. The van der Waals surface area contributed by atoms with Crippen LogP contribution in [0.1, 0.15) is 29.2 Å². The highest BCUT2D eigenvalue weighted by molar-refractivity contribution is 5.89. The first-order valence-corrected chi connectivity index (χ1v) is 5.94. The number of rotatable bonds is 4. The molecule has 0 aliphatic carbocycles. The van der Waals surface area contributed by atoms with Crippen molar-refractivity contribution in [2.24, 2.45) is 7.05 Å². The summed E-state index contributed by atoms with van der Waals surface area (Å²) in [6.45, 7) is 1.91. The summed E-state index contributed by atoms with van der Waals surface area (Å²) in [6.07, 6.45) is 3.38. The van der Waals surface area contributed by atoms with Gasteiger partial charge in [-0.1, -0.05) is 6.07 Å². The van der Waals surface area contributed by atoms with E-state index in [4.69, 9.17) is 4.74 Å². The number of hydrogen-bond donors (Lipinski definition) is 0. The molecule has 19 heavy (non-hydrogen) atoms. The van der Waals surface area contributed by atoms with Gasteiger partial charge in [0.2, 0.25) is 0 Å². The number of methoxy groups -OCH3 is 1. The lowest BCUT2D eigenvalue weighted by Crippen LogP contribution is -2.10. The van der Waals surface area contributed by atoms with Crippen molar-refractivity contribution in [3.05, 3.63) is 48.0 Å². The molecule has 0 radical (unpaired) electrons. The summed E-state index contributed by atoms with van der Waals surface area (Å²) >= 11 is 0. The van der Waals surface area contributed by atoms with Gasteiger partial charge < -0.3 is 14.0 Å². The fourth-order valence-electron chi connectivity index (χ4n) is 1.84. The number of ether oxygens (including phenoxy) is 2. The smallest absolute Gasteiger partial charge is 0.337 e. The number of carbonyl (C=O) groups excluding carboxylic acids is 1. The van der Waals surface area contributed by atoms with E-state index in [2.05, 4.69) is 9.72 Å². The topological polar surface area (TPSA) is 53.4 Å². The first kappa shape index (κ1) is 13.1. The maximum absolute atomic E-state index is 11.4. The van der Waals surface area contributed by atoms with Crippen LogP contribution >= 0.6 is 0 Å². The third kappa shape index (κ3) is 2.93. The average molecular weight is 260 g/mol. The van der Waals surface area contributed by atoms with Crippen LogP contribution in [0.5, 0.6) is 5.75 Å². The molecule has 5 heteroatoms. The van der Waals surface area contributed by atoms with Crippen LogP contribution in [0.15, 0.2) is 36.7 Å². The number of benzene rings is 1. The van der Waals surface area contributed by atoms with Crippen molar-refractivity contribution in [2.45, 2.75) is 13.0 Å². The van der Waals surface area contributed by atoms with E-state index in [-0.39, 0.29) is 12.1 Å². The van der Waals surface area contributed by atoms with Gasteiger partial charge in [-0.15, -0.1) is 0 Å². The molecule has 0 saturated carbocycles. The first-order valence-electron chi connectivity index (χ1n) is 5.94. The van der Waals surface area contributed by atoms with Crippen LogP contribution in [0, 0.1) is 0 Å². The lowest BCUT2D eigenvalue weighted by Gasteiger charge is -2.14. The third-order valence-corrected chi connectivity index (χ3v) is 2.79. The number of esters is 1. The predicted molar refractivity (Wildman–Crippen MR) is 70.0 cm³/mol. The molecule has 1 aromatic carbocycles. The van der Waals surface area contributed by atoms with Gasteiger partial charge in [0.15, 0.2) is 6.10 Å². The number of nitrogens with zero attached hydrogens (tertiary/aromatic N) is 2. The highest BCUT2D eigenvalue weighted by Gasteiger charge is 2.13. The highest BCUT2D eigenvalue weighted by Crippen LogP contribution is 2.21. The second kappa shape index (κ2) is 5.56. The van der Waals surface area contributed by atoms with Crippen LogP contribution in [0.2, 0.25) is 0 Å². The van der Waals surface area contributed by atoms with Crippen molar-refractivity contribution >= 4 is 5.97 Å². The molecule has 0 N–H and O–H groups in total. The second-order valence-corrected chi connectivity index (χ2v) is 4.18. The maximum Gasteiger partial charge on any atom is 0.337 e. The van der Waals surface area contributed by atoms with Crippen molar-refractivity contribution in [2.75, 3.05) is 7.11 Å². The van der Waals surface area contributed by atoms with E-state index in [0.717, 1.165) is 5.82 Å². The normalized spacial score (nSPS) is 11.9. The molecule has 2 aromatic rings. The number of carbonyl (C=O) groups is 1. The van der Waals surface area contributed by atoms with E-state index in [0.29, 0.717) is 11.3 Å².